The van der Waals surface area contributed by atoms with Gasteiger partial charge < -0.3 is 10.1 Å². The zero-order chi connectivity index (χ0) is 16.4. The van der Waals surface area contributed by atoms with Crippen LogP contribution in [-0.4, -0.2) is 42.0 Å². The van der Waals surface area contributed by atoms with Crippen molar-refractivity contribution in [2.45, 2.75) is 59.6 Å². The first-order valence-electron chi connectivity index (χ1n) is 7.37. The number of hydrogen-bond donors (Lipinski definition) is 1. The maximum absolute atomic E-state index is 12.5. The first kappa shape index (κ1) is 17.5. The third kappa shape index (κ3) is 4.48. The van der Waals surface area contributed by atoms with Crippen molar-refractivity contribution in [3.05, 3.63) is 11.8 Å². The Morgan fingerprint density at radius 2 is 1.86 bits per heavy atom. The van der Waals surface area contributed by atoms with Crippen molar-refractivity contribution in [1.82, 2.24) is 10.2 Å². The topological polar surface area (TPSA) is 58.6 Å². The van der Waals surface area contributed by atoms with Gasteiger partial charge in [-0.25, -0.2) is 4.79 Å². The fourth-order valence-electron chi connectivity index (χ4n) is 2.58. The van der Waals surface area contributed by atoms with Gasteiger partial charge >= 0.3 is 6.09 Å². The number of hydrogen-bond acceptors (Lipinski definition) is 4. The van der Waals surface area contributed by atoms with Gasteiger partial charge in [-0.2, -0.15) is 0 Å². The molecule has 5 nitrogen and oxygen atoms in total. The largest absolute Gasteiger partial charge is 0.444 e. The molecule has 1 aliphatic heterocycles. The molecule has 1 atom stereocenters. The van der Waals surface area contributed by atoms with Crippen molar-refractivity contribution in [2.24, 2.45) is 5.41 Å². The number of amides is 1. The maximum atomic E-state index is 12.5. The molecule has 0 saturated carbocycles. The van der Waals surface area contributed by atoms with Crippen LogP contribution in [0.4, 0.5) is 4.79 Å². The molecule has 0 aromatic carbocycles. The van der Waals surface area contributed by atoms with E-state index in [2.05, 4.69) is 5.32 Å². The van der Waals surface area contributed by atoms with E-state index in [1.165, 1.54) is 0 Å². The lowest BCUT2D eigenvalue weighted by molar-refractivity contribution is -0.119. The molecule has 5 heteroatoms. The van der Waals surface area contributed by atoms with E-state index >= 15 is 0 Å². The summed E-state index contributed by atoms with van der Waals surface area (Å²) in [6, 6.07) is -0.291. The van der Waals surface area contributed by atoms with Crippen molar-refractivity contribution in [2.75, 3.05) is 13.6 Å². The molecule has 1 heterocycles. The molecule has 1 saturated heterocycles. The van der Waals surface area contributed by atoms with Gasteiger partial charge in [0.1, 0.15) is 5.60 Å². The molecule has 1 unspecified atom stereocenters. The van der Waals surface area contributed by atoms with Gasteiger partial charge in [0.05, 0.1) is 6.04 Å². The summed E-state index contributed by atoms with van der Waals surface area (Å²) in [5, 5.41) is 2.92. The standard InChI is InChI=1S/C16H28N2O3/c1-15(2,3)13-11(10-17-7)12(19)8-9-18(13)14(20)21-16(4,5)6/h10,13,17H,8-9H2,1-7H3/b11-10-. The van der Waals surface area contributed by atoms with Crippen molar-refractivity contribution in [1.29, 1.82) is 0 Å². The van der Waals surface area contributed by atoms with Gasteiger partial charge in [0.2, 0.25) is 0 Å². The molecule has 0 aromatic heterocycles. The quantitative estimate of drug-likeness (QED) is 0.756. The normalized spacial score (nSPS) is 22.4. The SMILES string of the molecule is CN/C=C1/C(=O)CCN(C(=O)OC(C)(C)C)C1C(C)(C)C. The molecule has 0 aromatic rings. The number of nitrogens with one attached hydrogen (secondary N) is 1. The number of rotatable bonds is 1. The lowest BCUT2D eigenvalue weighted by Crippen LogP contribution is -2.55. The Hall–Kier alpha value is -1.52. The van der Waals surface area contributed by atoms with Crippen molar-refractivity contribution < 1.29 is 14.3 Å². The van der Waals surface area contributed by atoms with E-state index in [1.54, 1.807) is 18.1 Å². The van der Waals surface area contributed by atoms with Crippen molar-refractivity contribution in [3.8, 4) is 0 Å². The average molecular weight is 296 g/mol. The molecule has 0 aliphatic carbocycles. The number of ether oxygens (including phenoxy) is 1. The summed E-state index contributed by atoms with van der Waals surface area (Å²) in [7, 11) is 1.76. The number of ketones is 1. The average Bonchev–Trinajstić information content (AvgIpc) is 2.27. The number of piperidine rings is 1. The summed E-state index contributed by atoms with van der Waals surface area (Å²) in [5.74, 6) is 0.0871. The first-order chi connectivity index (χ1) is 9.47. The summed E-state index contributed by atoms with van der Waals surface area (Å²) in [6.07, 6.45) is 1.67. The predicted octanol–water partition coefficient (Wildman–Crippen LogP) is 2.71. The number of nitrogens with zero attached hydrogens (tertiary/aromatic N) is 1. The Bertz CT molecular complexity index is 441. The van der Waals surface area contributed by atoms with Gasteiger partial charge in [-0.15, -0.1) is 0 Å². The van der Waals surface area contributed by atoms with Crippen LogP contribution in [0.2, 0.25) is 0 Å². The molecule has 1 N–H and O–H groups in total. The minimum absolute atomic E-state index is 0.0871. The van der Waals surface area contributed by atoms with Crippen LogP contribution in [0.5, 0.6) is 0 Å². The molecule has 0 spiro atoms. The Kier molecular flexibility index (Phi) is 5.07. The number of carbonyl (C=O) groups is 2. The van der Waals surface area contributed by atoms with Gasteiger partial charge in [0.15, 0.2) is 5.78 Å². The fourth-order valence-corrected chi connectivity index (χ4v) is 2.58. The summed E-state index contributed by atoms with van der Waals surface area (Å²) in [6.45, 7) is 12.0. The molecule has 21 heavy (non-hydrogen) atoms. The second kappa shape index (κ2) is 6.08. The number of Topliss-reactive ketones (excluding diaryl/α,β-unsaturated/α-hetero) is 1. The zero-order valence-electron chi connectivity index (χ0n) is 14.2. The maximum Gasteiger partial charge on any atom is 0.410 e. The van der Waals surface area contributed by atoms with Crippen LogP contribution in [0.3, 0.4) is 0 Å². The van der Waals surface area contributed by atoms with Crippen molar-refractivity contribution in [3.63, 3.8) is 0 Å². The highest BCUT2D eigenvalue weighted by Crippen LogP contribution is 2.34. The fraction of sp³-hybridized carbons (Fsp3) is 0.750. The zero-order valence-corrected chi connectivity index (χ0v) is 14.2. The monoisotopic (exact) mass is 296 g/mol. The van der Waals surface area contributed by atoms with Crippen LogP contribution < -0.4 is 5.32 Å². The van der Waals surface area contributed by atoms with E-state index in [4.69, 9.17) is 4.74 Å². The molecule has 0 radical (unpaired) electrons. The molecule has 1 fully saturated rings. The van der Waals surface area contributed by atoms with Gasteiger partial charge in [0.25, 0.3) is 0 Å². The Labute approximate surface area is 127 Å². The highest BCUT2D eigenvalue weighted by molar-refractivity contribution is 5.98. The van der Waals surface area contributed by atoms with E-state index in [-0.39, 0.29) is 23.3 Å². The predicted molar refractivity (Wildman–Crippen MR) is 82.9 cm³/mol. The molecular weight excluding hydrogens is 268 g/mol. The number of likely N-dealkylation sites (tertiary alicyclic amines) is 1. The lowest BCUT2D eigenvalue weighted by Gasteiger charge is -2.44. The van der Waals surface area contributed by atoms with Crippen LogP contribution in [0.25, 0.3) is 0 Å². The van der Waals surface area contributed by atoms with Crippen LogP contribution in [0, 0.1) is 5.41 Å². The smallest absolute Gasteiger partial charge is 0.410 e. The molecular formula is C16H28N2O3. The lowest BCUT2D eigenvalue weighted by atomic mass is 9.77. The van der Waals surface area contributed by atoms with Gasteiger partial charge in [-0.3, -0.25) is 9.69 Å². The number of carbonyl (C=O) groups excluding carboxylic acids is 2. The Morgan fingerprint density at radius 3 is 2.29 bits per heavy atom. The molecule has 1 amide bonds. The third-order valence-corrected chi connectivity index (χ3v) is 3.26. The first-order valence-corrected chi connectivity index (χ1v) is 7.37. The molecule has 1 rings (SSSR count). The van der Waals surface area contributed by atoms with Gasteiger partial charge in [-0.05, 0) is 26.2 Å². The minimum atomic E-state index is -0.548. The van der Waals surface area contributed by atoms with Crippen LogP contribution in [0.1, 0.15) is 48.0 Å². The van der Waals surface area contributed by atoms with Crippen LogP contribution in [-0.2, 0) is 9.53 Å². The Balaban J connectivity index is 3.15. The van der Waals surface area contributed by atoms with Crippen LogP contribution in [0.15, 0.2) is 11.8 Å². The van der Waals surface area contributed by atoms with E-state index in [9.17, 15) is 9.59 Å². The highest BCUT2D eigenvalue weighted by atomic mass is 16.6. The summed E-state index contributed by atoms with van der Waals surface area (Å²) >= 11 is 0. The van der Waals surface area contributed by atoms with Crippen molar-refractivity contribution >= 4 is 11.9 Å². The summed E-state index contributed by atoms with van der Waals surface area (Å²) in [5.41, 5.74) is -0.161. The second-order valence-electron chi connectivity index (χ2n) is 7.50. The minimum Gasteiger partial charge on any atom is -0.444 e. The molecule has 1 aliphatic rings. The van der Waals surface area contributed by atoms with Gasteiger partial charge in [0, 0.05) is 31.8 Å². The molecule has 0 bridgehead atoms. The second-order valence-corrected chi connectivity index (χ2v) is 7.50. The molecule has 120 valence electrons. The summed E-state index contributed by atoms with van der Waals surface area (Å²) < 4.78 is 5.49. The van der Waals surface area contributed by atoms with E-state index in [1.807, 2.05) is 41.5 Å². The van der Waals surface area contributed by atoms with E-state index in [0.717, 1.165) is 0 Å². The third-order valence-electron chi connectivity index (χ3n) is 3.26. The van der Waals surface area contributed by atoms with E-state index in [0.29, 0.717) is 18.5 Å². The Morgan fingerprint density at radius 1 is 1.29 bits per heavy atom. The van der Waals surface area contributed by atoms with Gasteiger partial charge in [-0.1, -0.05) is 20.8 Å². The highest BCUT2D eigenvalue weighted by Gasteiger charge is 2.43. The van der Waals surface area contributed by atoms with E-state index < -0.39 is 5.60 Å². The summed E-state index contributed by atoms with van der Waals surface area (Å²) in [4.78, 5) is 26.4. The van der Waals surface area contributed by atoms with Crippen LogP contribution >= 0.6 is 0 Å².